The zero-order chi connectivity index (χ0) is 14.3. The van der Waals surface area contributed by atoms with E-state index in [2.05, 4.69) is 11.8 Å². The number of rotatable bonds is 7. The molecule has 19 heavy (non-hydrogen) atoms. The van der Waals surface area contributed by atoms with Crippen molar-refractivity contribution in [3.63, 3.8) is 0 Å². The molecule has 2 N–H and O–H groups in total. The van der Waals surface area contributed by atoms with Crippen molar-refractivity contribution in [2.45, 2.75) is 32.7 Å². The fraction of sp³-hybridized carbons (Fsp3) is 0.846. The molecule has 1 amide bonds. The van der Waals surface area contributed by atoms with Gasteiger partial charge < -0.3 is 15.4 Å². The molecule has 0 spiro atoms. The van der Waals surface area contributed by atoms with E-state index in [9.17, 15) is 4.79 Å². The van der Waals surface area contributed by atoms with E-state index in [1.54, 1.807) is 0 Å². The number of amides is 1. The summed E-state index contributed by atoms with van der Waals surface area (Å²) in [6.45, 7) is 8.07. The first-order valence-corrected chi connectivity index (χ1v) is 7.39. The molecule has 1 aliphatic heterocycles. The molecule has 1 atom stereocenters. The average Bonchev–Trinajstić information content (AvgIpc) is 2.40. The van der Waals surface area contributed by atoms with Gasteiger partial charge in [0.15, 0.2) is 0 Å². The first kappa shape index (κ1) is 16.3. The summed E-state index contributed by atoms with van der Waals surface area (Å²) in [4.78, 5) is 16.6. The van der Waals surface area contributed by atoms with Gasteiger partial charge in [0.1, 0.15) is 6.61 Å². The number of hydrogen-bond donors (Lipinski definition) is 1. The van der Waals surface area contributed by atoms with Crippen molar-refractivity contribution in [3.05, 3.63) is 0 Å². The van der Waals surface area contributed by atoms with E-state index in [0.29, 0.717) is 11.6 Å². The highest BCUT2D eigenvalue weighted by Crippen LogP contribution is 2.10. The van der Waals surface area contributed by atoms with Crippen LogP contribution in [0.1, 0.15) is 26.7 Å². The molecule has 1 saturated heterocycles. The molecule has 1 fully saturated rings. The lowest BCUT2D eigenvalue weighted by molar-refractivity contribution is -0.138. The molecular weight excluding hydrogens is 262 g/mol. The van der Waals surface area contributed by atoms with Crippen LogP contribution in [0.15, 0.2) is 0 Å². The van der Waals surface area contributed by atoms with Gasteiger partial charge in [-0.2, -0.15) is 0 Å². The van der Waals surface area contributed by atoms with Gasteiger partial charge in [-0.3, -0.25) is 9.69 Å². The predicted octanol–water partition coefficient (Wildman–Crippen LogP) is 0.622. The first-order valence-electron chi connectivity index (χ1n) is 6.99. The molecule has 0 bridgehead atoms. The quantitative estimate of drug-likeness (QED) is 0.549. The third-order valence-corrected chi connectivity index (χ3v) is 3.67. The summed E-state index contributed by atoms with van der Waals surface area (Å²) in [5.41, 5.74) is 5.74. The number of carbonyl (C=O) groups is 1. The maximum atomic E-state index is 11.9. The monoisotopic (exact) mass is 287 g/mol. The van der Waals surface area contributed by atoms with Gasteiger partial charge in [-0.15, -0.1) is 0 Å². The van der Waals surface area contributed by atoms with Crippen LogP contribution < -0.4 is 5.73 Å². The van der Waals surface area contributed by atoms with Gasteiger partial charge in [0, 0.05) is 32.8 Å². The second kappa shape index (κ2) is 8.45. The average molecular weight is 287 g/mol. The molecule has 1 heterocycles. The highest BCUT2D eigenvalue weighted by Gasteiger charge is 2.26. The molecule has 0 aliphatic carbocycles. The van der Waals surface area contributed by atoms with Crippen LogP contribution in [0.4, 0.5) is 0 Å². The van der Waals surface area contributed by atoms with Crippen LogP contribution in [-0.4, -0.2) is 66.1 Å². The Hall–Kier alpha value is -0.720. The lowest BCUT2D eigenvalue weighted by Crippen LogP contribution is -2.55. The van der Waals surface area contributed by atoms with Gasteiger partial charge in [0.2, 0.25) is 5.91 Å². The first-order chi connectivity index (χ1) is 9.10. The molecule has 1 rings (SSSR count). The largest absolute Gasteiger partial charge is 0.392 e. The van der Waals surface area contributed by atoms with Crippen LogP contribution in [0, 0.1) is 0 Å². The van der Waals surface area contributed by atoms with E-state index in [-0.39, 0.29) is 18.6 Å². The molecule has 110 valence electrons. The van der Waals surface area contributed by atoms with E-state index in [0.717, 1.165) is 39.0 Å². The fourth-order valence-corrected chi connectivity index (χ4v) is 2.63. The summed E-state index contributed by atoms with van der Waals surface area (Å²) >= 11 is 5.08. The SMILES string of the molecule is CCCOCC(=O)N1CCN(C(CC)C(N)=S)CC1. The van der Waals surface area contributed by atoms with Crippen LogP contribution in [0.5, 0.6) is 0 Å². The number of ether oxygens (including phenoxy) is 1. The molecule has 0 aromatic carbocycles. The third kappa shape index (κ3) is 5.04. The van der Waals surface area contributed by atoms with Crippen LogP contribution in [0.25, 0.3) is 0 Å². The van der Waals surface area contributed by atoms with Gasteiger partial charge in [-0.05, 0) is 12.8 Å². The van der Waals surface area contributed by atoms with Gasteiger partial charge in [0.05, 0.1) is 11.0 Å². The number of piperazine rings is 1. The topological polar surface area (TPSA) is 58.8 Å². The van der Waals surface area contributed by atoms with E-state index in [1.165, 1.54) is 0 Å². The van der Waals surface area contributed by atoms with Crippen molar-refractivity contribution in [2.24, 2.45) is 5.73 Å². The summed E-state index contributed by atoms with van der Waals surface area (Å²) in [5, 5.41) is 0. The van der Waals surface area contributed by atoms with E-state index >= 15 is 0 Å². The van der Waals surface area contributed by atoms with Gasteiger partial charge >= 0.3 is 0 Å². The zero-order valence-corrected chi connectivity index (χ0v) is 12.7. The fourth-order valence-electron chi connectivity index (χ4n) is 2.32. The van der Waals surface area contributed by atoms with Crippen LogP contribution >= 0.6 is 12.2 Å². The Balaban J connectivity index is 2.35. The minimum atomic E-state index is 0.0801. The third-order valence-electron chi connectivity index (χ3n) is 3.40. The Kier molecular flexibility index (Phi) is 7.27. The smallest absolute Gasteiger partial charge is 0.248 e. The Morgan fingerprint density at radius 2 is 1.95 bits per heavy atom. The highest BCUT2D eigenvalue weighted by molar-refractivity contribution is 7.80. The second-order valence-corrected chi connectivity index (χ2v) is 5.27. The summed E-state index contributed by atoms with van der Waals surface area (Å²) in [6, 6.07) is 0.156. The summed E-state index contributed by atoms with van der Waals surface area (Å²) in [5.74, 6) is 0.0801. The molecule has 6 heteroatoms. The number of nitrogens with two attached hydrogens (primary N) is 1. The molecule has 1 unspecified atom stereocenters. The molecule has 5 nitrogen and oxygen atoms in total. The zero-order valence-electron chi connectivity index (χ0n) is 11.9. The Morgan fingerprint density at radius 1 is 1.32 bits per heavy atom. The van der Waals surface area contributed by atoms with Crippen molar-refractivity contribution in [1.82, 2.24) is 9.80 Å². The lowest BCUT2D eigenvalue weighted by atomic mass is 10.1. The van der Waals surface area contributed by atoms with Crippen molar-refractivity contribution in [3.8, 4) is 0 Å². The normalized spacial score (nSPS) is 18.3. The van der Waals surface area contributed by atoms with Crippen LogP contribution in [0.2, 0.25) is 0 Å². The molecule has 0 saturated carbocycles. The van der Waals surface area contributed by atoms with Crippen molar-refractivity contribution in [2.75, 3.05) is 39.4 Å². The Bertz CT molecular complexity index is 304. The maximum Gasteiger partial charge on any atom is 0.248 e. The lowest BCUT2D eigenvalue weighted by Gasteiger charge is -2.38. The van der Waals surface area contributed by atoms with Crippen molar-refractivity contribution in [1.29, 1.82) is 0 Å². The summed E-state index contributed by atoms with van der Waals surface area (Å²) in [6.07, 6.45) is 1.86. The summed E-state index contributed by atoms with van der Waals surface area (Å²) < 4.78 is 5.29. The van der Waals surface area contributed by atoms with Crippen molar-refractivity contribution < 1.29 is 9.53 Å². The molecular formula is C13H25N3O2S. The minimum absolute atomic E-state index is 0.0801. The van der Waals surface area contributed by atoms with Gasteiger partial charge in [-0.25, -0.2) is 0 Å². The molecule has 0 radical (unpaired) electrons. The Labute approximate surface area is 121 Å². The van der Waals surface area contributed by atoms with Crippen LogP contribution in [0.3, 0.4) is 0 Å². The van der Waals surface area contributed by atoms with Gasteiger partial charge in [-0.1, -0.05) is 26.1 Å². The predicted molar refractivity (Wildman–Crippen MR) is 80.1 cm³/mol. The number of carbonyl (C=O) groups excluding carboxylic acids is 1. The van der Waals surface area contributed by atoms with Crippen molar-refractivity contribution >= 4 is 23.1 Å². The molecule has 1 aliphatic rings. The van der Waals surface area contributed by atoms with E-state index in [1.807, 2.05) is 11.8 Å². The second-order valence-electron chi connectivity index (χ2n) is 4.80. The summed E-state index contributed by atoms with van der Waals surface area (Å²) in [7, 11) is 0. The Morgan fingerprint density at radius 3 is 2.42 bits per heavy atom. The van der Waals surface area contributed by atoms with Crippen LogP contribution in [-0.2, 0) is 9.53 Å². The highest BCUT2D eigenvalue weighted by atomic mass is 32.1. The number of nitrogens with zero attached hydrogens (tertiary/aromatic N) is 2. The number of thiocarbonyl (C=S) groups is 1. The standard InChI is InChI=1S/C13H25N3O2S/c1-3-9-18-10-12(17)16-7-5-15(6-8-16)11(4-2)13(14)19/h11H,3-10H2,1-2H3,(H2,14,19). The minimum Gasteiger partial charge on any atom is -0.392 e. The van der Waals surface area contributed by atoms with E-state index in [4.69, 9.17) is 22.7 Å². The van der Waals surface area contributed by atoms with Gasteiger partial charge in [0.25, 0.3) is 0 Å². The van der Waals surface area contributed by atoms with E-state index < -0.39 is 0 Å². The molecule has 0 aromatic heterocycles. The maximum absolute atomic E-state index is 11.9. The number of hydrogen-bond acceptors (Lipinski definition) is 4. The molecule has 0 aromatic rings.